The van der Waals surface area contributed by atoms with E-state index in [-0.39, 0.29) is 11.7 Å². The fourth-order valence-corrected chi connectivity index (χ4v) is 3.18. The van der Waals surface area contributed by atoms with E-state index in [1.807, 2.05) is 45.0 Å². The molecular formula is C22H21Cl2N3O2. The predicted octanol–water partition coefficient (Wildman–Crippen LogP) is 5.85. The van der Waals surface area contributed by atoms with E-state index in [0.717, 1.165) is 11.1 Å². The maximum atomic E-state index is 12.7. The van der Waals surface area contributed by atoms with Crippen LogP contribution >= 0.6 is 23.2 Å². The van der Waals surface area contributed by atoms with E-state index in [2.05, 4.69) is 10.3 Å². The smallest absolute Gasteiger partial charge is 0.257 e. The number of anilines is 2. The van der Waals surface area contributed by atoms with Crippen molar-refractivity contribution in [2.24, 2.45) is 0 Å². The number of hydrogen-bond donors (Lipinski definition) is 2. The van der Waals surface area contributed by atoms with Gasteiger partial charge in [-0.15, -0.1) is 0 Å². The van der Waals surface area contributed by atoms with Gasteiger partial charge in [-0.25, -0.2) is 4.98 Å². The van der Waals surface area contributed by atoms with Crippen molar-refractivity contribution in [2.75, 3.05) is 11.1 Å². The van der Waals surface area contributed by atoms with Crippen molar-refractivity contribution in [3.63, 3.8) is 0 Å². The van der Waals surface area contributed by atoms with Crippen LogP contribution in [-0.4, -0.2) is 10.9 Å². The highest BCUT2D eigenvalue weighted by molar-refractivity contribution is 6.34. The van der Waals surface area contributed by atoms with Gasteiger partial charge in [0.25, 0.3) is 5.91 Å². The Bertz CT molecular complexity index is 1070. The Morgan fingerprint density at radius 2 is 1.90 bits per heavy atom. The number of aryl methyl sites for hydroxylation is 1. The van der Waals surface area contributed by atoms with Crippen molar-refractivity contribution in [3.8, 4) is 5.75 Å². The van der Waals surface area contributed by atoms with Crippen LogP contribution < -0.4 is 15.8 Å². The number of carbonyl (C=O) groups is 1. The molecule has 5 nitrogen and oxygen atoms in total. The number of pyridine rings is 1. The van der Waals surface area contributed by atoms with Gasteiger partial charge in [0, 0.05) is 18.0 Å². The number of halogens is 2. The molecule has 1 heterocycles. The molecule has 0 aliphatic carbocycles. The molecule has 2 aromatic carbocycles. The topological polar surface area (TPSA) is 77.2 Å². The fourth-order valence-electron chi connectivity index (χ4n) is 2.83. The third-order valence-corrected chi connectivity index (χ3v) is 4.93. The van der Waals surface area contributed by atoms with Gasteiger partial charge in [0.1, 0.15) is 5.60 Å². The molecule has 0 saturated heterocycles. The molecule has 0 unspecified atom stereocenters. The van der Waals surface area contributed by atoms with Gasteiger partial charge in [-0.3, -0.25) is 4.79 Å². The molecule has 3 rings (SSSR count). The Balaban J connectivity index is 1.83. The molecule has 0 saturated carbocycles. The fraction of sp³-hybridized carbons (Fsp3) is 0.182. The summed E-state index contributed by atoms with van der Waals surface area (Å²) in [7, 11) is 0. The number of nitrogens with zero attached hydrogens (tertiary/aromatic N) is 1. The molecule has 0 fully saturated rings. The summed E-state index contributed by atoms with van der Waals surface area (Å²) in [4.78, 5) is 16.7. The number of aromatic nitrogens is 1. The number of ether oxygens (including phenoxy) is 1. The summed E-state index contributed by atoms with van der Waals surface area (Å²) in [5, 5.41) is 3.72. The summed E-state index contributed by atoms with van der Waals surface area (Å²) in [6.45, 7) is 5.70. The minimum atomic E-state index is -0.748. The highest BCUT2D eigenvalue weighted by atomic mass is 35.5. The first-order chi connectivity index (χ1) is 13.7. The van der Waals surface area contributed by atoms with Gasteiger partial charge in [-0.1, -0.05) is 47.0 Å². The van der Waals surface area contributed by atoms with E-state index in [4.69, 9.17) is 33.7 Å². The van der Waals surface area contributed by atoms with Gasteiger partial charge < -0.3 is 15.8 Å². The first-order valence-corrected chi connectivity index (χ1v) is 9.69. The monoisotopic (exact) mass is 429 g/mol. The highest BCUT2D eigenvalue weighted by Gasteiger charge is 2.25. The van der Waals surface area contributed by atoms with Gasteiger partial charge in [0.05, 0.1) is 15.6 Å². The molecular weight excluding hydrogens is 409 g/mol. The average Bonchev–Trinajstić information content (AvgIpc) is 2.66. The normalized spacial score (nSPS) is 11.2. The summed E-state index contributed by atoms with van der Waals surface area (Å²) in [6.07, 6.45) is 1.46. The lowest BCUT2D eigenvalue weighted by Gasteiger charge is -2.28. The summed E-state index contributed by atoms with van der Waals surface area (Å²) in [5.41, 5.74) is 7.99. The first kappa shape index (κ1) is 21.0. The standard InChI is InChI=1S/C22H21Cl2N3O2/c1-13-7-8-18(24)17(9-13)21(28)27-16-6-4-5-14(10-16)22(2,3)29-19-11-15(23)12-26-20(19)25/h4-12H,1-3H3,(H2,25,26)(H,27,28). The number of amides is 1. The van der Waals surface area contributed by atoms with Crippen LogP contribution in [0.2, 0.25) is 10.0 Å². The van der Waals surface area contributed by atoms with Gasteiger partial charge in [-0.05, 0) is 50.6 Å². The zero-order valence-corrected chi connectivity index (χ0v) is 17.8. The third-order valence-electron chi connectivity index (χ3n) is 4.40. The molecule has 0 aliphatic rings. The van der Waals surface area contributed by atoms with Crippen molar-refractivity contribution in [2.45, 2.75) is 26.4 Å². The predicted molar refractivity (Wildman–Crippen MR) is 118 cm³/mol. The van der Waals surface area contributed by atoms with Gasteiger partial charge in [-0.2, -0.15) is 0 Å². The molecule has 0 spiro atoms. The second kappa shape index (κ2) is 8.31. The number of nitrogens with one attached hydrogen (secondary N) is 1. The van der Waals surface area contributed by atoms with Gasteiger partial charge in [0.15, 0.2) is 11.6 Å². The molecule has 0 atom stereocenters. The Morgan fingerprint density at radius 1 is 1.14 bits per heavy atom. The molecule has 7 heteroatoms. The molecule has 150 valence electrons. The summed E-state index contributed by atoms with van der Waals surface area (Å²) in [6, 6.07) is 14.3. The van der Waals surface area contributed by atoms with Crippen LogP contribution in [0.15, 0.2) is 54.7 Å². The van der Waals surface area contributed by atoms with Gasteiger partial charge >= 0.3 is 0 Å². The number of nitrogen functional groups attached to an aromatic ring is 1. The van der Waals surface area contributed by atoms with E-state index >= 15 is 0 Å². The summed E-state index contributed by atoms with van der Waals surface area (Å²) in [5.74, 6) is 0.363. The second-order valence-electron chi connectivity index (χ2n) is 7.17. The third kappa shape index (κ3) is 5.00. The number of hydrogen-bond acceptors (Lipinski definition) is 4. The molecule has 3 N–H and O–H groups in total. The Morgan fingerprint density at radius 3 is 2.66 bits per heavy atom. The van der Waals surface area contributed by atoms with E-state index in [1.54, 1.807) is 24.3 Å². The van der Waals surface area contributed by atoms with Crippen LogP contribution in [0.5, 0.6) is 5.75 Å². The van der Waals surface area contributed by atoms with E-state index in [0.29, 0.717) is 27.0 Å². The van der Waals surface area contributed by atoms with Crippen LogP contribution in [-0.2, 0) is 5.60 Å². The number of carbonyl (C=O) groups excluding carboxylic acids is 1. The Labute approximate surface area is 179 Å². The number of nitrogens with two attached hydrogens (primary N) is 1. The Hall–Kier alpha value is -2.76. The average molecular weight is 430 g/mol. The largest absolute Gasteiger partial charge is 0.479 e. The van der Waals surface area contributed by atoms with Crippen molar-refractivity contribution in [1.82, 2.24) is 4.98 Å². The van der Waals surface area contributed by atoms with Crippen LogP contribution in [0.25, 0.3) is 0 Å². The summed E-state index contributed by atoms with van der Waals surface area (Å²) >= 11 is 12.2. The first-order valence-electron chi connectivity index (χ1n) is 8.94. The molecule has 3 aromatic rings. The van der Waals surface area contributed by atoms with E-state index < -0.39 is 5.60 Å². The molecule has 0 radical (unpaired) electrons. The van der Waals surface area contributed by atoms with Crippen molar-refractivity contribution >= 4 is 40.6 Å². The van der Waals surface area contributed by atoms with Crippen molar-refractivity contribution in [1.29, 1.82) is 0 Å². The van der Waals surface area contributed by atoms with Gasteiger partial charge in [0.2, 0.25) is 0 Å². The molecule has 0 bridgehead atoms. The molecule has 1 aromatic heterocycles. The van der Waals surface area contributed by atoms with Crippen molar-refractivity contribution in [3.05, 3.63) is 81.5 Å². The maximum Gasteiger partial charge on any atom is 0.257 e. The van der Waals surface area contributed by atoms with Crippen LogP contribution in [0.3, 0.4) is 0 Å². The lowest BCUT2D eigenvalue weighted by molar-refractivity contribution is 0.102. The molecule has 1 amide bonds. The zero-order chi connectivity index (χ0) is 21.2. The SMILES string of the molecule is Cc1ccc(Cl)c(C(=O)Nc2cccc(C(C)(C)Oc3cc(Cl)cnc3N)c2)c1. The van der Waals surface area contributed by atoms with Crippen LogP contribution in [0, 0.1) is 6.92 Å². The quantitative estimate of drug-likeness (QED) is 0.533. The minimum Gasteiger partial charge on any atom is -0.479 e. The van der Waals surface area contributed by atoms with Crippen LogP contribution in [0.4, 0.5) is 11.5 Å². The van der Waals surface area contributed by atoms with E-state index in [9.17, 15) is 4.79 Å². The lowest BCUT2D eigenvalue weighted by Crippen LogP contribution is -2.26. The maximum absolute atomic E-state index is 12.7. The minimum absolute atomic E-state index is 0.251. The Kier molecular flexibility index (Phi) is 6.01. The van der Waals surface area contributed by atoms with Crippen LogP contribution in [0.1, 0.15) is 35.3 Å². The molecule has 0 aliphatic heterocycles. The van der Waals surface area contributed by atoms with Crippen molar-refractivity contribution < 1.29 is 9.53 Å². The lowest BCUT2D eigenvalue weighted by atomic mass is 9.97. The number of rotatable bonds is 5. The highest BCUT2D eigenvalue weighted by Crippen LogP contribution is 2.33. The second-order valence-corrected chi connectivity index (χ2v) is 8.01. The molecule has 29 heavy (non-hydrogen) atoms. The van der Waals surface area contributed by atoms with E-state index in [1.165, 1.54) is 6.20 Å². The summed E-state index contributed by atoms with van der Waals surface area (Å²) < 4.78 is 6.07. The zero-order valence-electron chi connectivity index (χ0n) is 16.3. The number of benzene rings is 2.